The quantitative estimate of drug-likeness (QED) is 0.614. The zero-order chi connectivity index (χ0) is 22.4. The number of carbonyl (C=O) groups excluding carboxylic acids is 3. The van der Waals surface area contributed by atoms with E-state index in [2.05, 4.69) is 10.6 Å². The van der Waals surface area contributed by atoms with Crippen molar-refractivity contribution in [1.29, 1.82) is 0 Å². The van der Waals surface area contributed by atoms with Crippen molar-refractivity contribution in [1.82, 2.24) is 5.32 Å². The summed E-state index contributed by atoms with van der Waals surface area (Å²) < 4.78 is 10.4. The second-order valence-corrected chi connectivity index (χ2v) is 7.18. The van der Waals surface area contributed by atoms with E-state index >= 15 is 0 Å². The molecule has 0 radical (unpaired) electrons. The predicted octanol–water partition coefficient (Wildman–Crippen LogP) is 2.50. The van der Waals surface area contributed by atoms with Crippen LogP contribution in [0.25, 0.3) is 0 Å². The average molecular weight is 413 g/mol. The van der Waals surface area contributed by atoms with Gasteiger partial charge in [-0.05, 0) is 48.7 Å². The Labute approximate surface area is 175 Å². The Morgan fingerprint density at radius 3 is 2.03 bits per heavy atom. The minimum atomic E-state index is -0.786. The van der Waals surface area contributed by atoms with E-state index in [0.29, 0.717) is 33.9 Å². The van der Waals surface area contributed by atoms with Gasteiger partial charge in [-0.15, -0.1) is 0 Å². The number of aryl methyl sites for hydroxylation is 1. The molecule has 4 N–H and O–H groups in total. The van der Waals surface area contributed by atoms with E-state index in [1.54, 1.807) is 43.3 Å². The summed E-state index contributed by atoms with van der Waals surface area (Å²) in [5, 5.41) is 5.54. The molecule has 2 aromatic carbocycles. The van der Waals surface area contributed by atoms with E-state index in [4.69, 9.17) is 15.2 Å². The van der Waals surface area contributed by atoms with Crippen LogP contribution in [-0.2, 0) is 4.79 Å². The Balaban J connectivity index is 2.19. The van der Waals surface area contributed by atoms with Crippen molar-refractivity contribution in [2.45, 2.75) is 26.8 Å². The summed E-state index contributed by atoms with van der Waals surface area (Å²) >= 11 is 0. The maximum Gasteiger partial charge on any atom is 0.252 e. The Morgan fingerprint density at radius 1 is 0.967 bits per heavy atom. The van der Waals surface area contributed by atoms with E-state index in [0.717, 1.165) is 0 Å². The van der Waals surface area contributed by atoms with Gasteiger partial charge in [-0.1, -0.05) is 13.8 Å². The Bertz CT molecular complexity index is 934. The first-order chi connectivity index (χ1) is 14.2. The summed E-state index contributed by atoms with van der Waals surface area (Å²) in [6, 6.07) is 8.81. The van der Waals surface area contributed by atoms with Crippen molar-refractivity contribution in [3.8, 4) is 11.5 Å². The lowest BCUT2D eigenvalue weighted by Gasteiger charge is -2.22. The summed E-state index contributed by atoms with van der Waals surface area (Å²) in [5.74, 6) is -0.579. The molecule has 0 aliphatic heterocycles. The molecule has 0 bridgehead atoms. The van der Waals surface area contributed by atoms with Crippen LogP contribution in [0.1, 0.15) is 40.1 Å². The molecule has 0 heterocycles. The third-order valence-electron chi connectivity index (χ3n) is 4.61. The van der Waals surface area contributed by atoms with E-state index < -0.39 is 17.9 Å². The van der Waals surface area contributed by atoms with Gasteiger partial charge in [0.1, 0.15) is 17.5 Å². The van der Waals surface area contributed by atoms with Gasteiger partial charge in [0.05, 0.1) is 14.2 Å². The van der Waals surface area contributed by atoms with Crippen molar-refractivity contribution in [3.63, 3.8) is 0 Å². The first kappa shape index (κ1) is 22.7. The van der Waals surface area contributed by atoms with Gasteiger partial charge in [0.2, 0.25) is 11.8 Å². The van der Waals surface area contributed by atoms with Crippen molar-refractivity contribution >= 4 is 23.4 Å². The standard InChI is InChI=1S/C22H27N3O5/c1-12(2)19(22(28)24-15-6-7-18(20(23)26)13(3)8-15)25-21(27)14-9-16(29-4)11-17(10-14)30-5/h6-12,19H,1-5H3,(H2,23,26)(H,24,28)(H,25,27). The van der Waals surface area contributed by atoms with Crippen LogP contribution in [0, 0.1) is 12.8 Å². The molecule has 8 nitrogen and oxygen atoms in total. The van der Waals surface area contributed by atoms with Gasteiger partial charge >= 0.3 is 0 Å². The average Bonchev–Trinajstić information content (AvgIpc) is 2.70. The van der Waals surface area contributed by atoms with Crippen LogP contribution in [0.5, 0.6) is 11.5 Å². The number of methoxy groups -OCH3 is 2. The van der Waals surface area contributed by atoms with Crippen LogP contribution in [0.2, 0.25) is 0 Å². The first-order valence-corrected chi connectivity index (χ1v) is 9.41. The maximum absolute atomic E-state index is 12.8. The van der Waals surface area contributed by atoms with Crippen molar-refractivity contribution in [3.05, 3.63) is 53.1 Å². The molecule has 1 unspecified atom stereocenters. The van der Waals surface area contributed by atoms with E-state index in [1.807, 2.05) is 13.8 Å². The van der Waals surface area contributed by atoms with Gasteiger partial charge in [0, 0.05) is 22.9 Å². The minimum absolute atomic E-state index is 0.174. The number of anilines is 1. The lowest BCUT2D eigenvalue weighted by molar-refractivity contribution is -0.118. The molecule has 160 valence electrons. The highest BCUT2D eigenvalue weighted by molar-refractivity contribution is 6.02. The smallest absolute Gasteiger partial charge is 0.252 e. The maximum atomic E-state index is 12.8. The normalized spacial score (nSPS) is 11.5. The summed E-state index contributed by atoms with van der Waals surface area (Å²) in [5.41, 5.74) is 7.16. The van der Waals surface area contributed by atoms with E-state index in [-0.39, 0.29) is 11.8 Å². The predicted molar refractivity (Wildman–Crippen MR) is 114 cm³/mol. The summed E-state index contributed by atoms with van der Waals surface area (Å²) in [4.78, 5) is 37.0. The van der Waals surface area contributed by atoms with Crippen molar-refractivity contribution < 1.29 is 23.9 Å². The zero-order valence-corrected chi connectivity index (χ0v) is 17.7. The number of benzene rings is 2. The van der Waals surface area contributed by atoms with Crippen LogP contribution in [0.15, 0.2) is 36.4 Å². The molecule has 0 aliphatic carbocycles. The fourth-order valence-corrected chi connectivity index (χ4v) is 2.94. The molecule has 0 spiro atoms. The third kappa shape index (κ3) is 5.50. The van der Waals surface area contributed by atoms with Gasteiger partial charge in [0.25, 0.3) is 5.91 Å². The third-order valence-corrected chi connectivity index (χ3v) is 4.61. The highest BCUT2D eigenvalue weighted by atomic mass is 16.5. The molecule has 0 fully saturated rings. The number of primary amides is 1. The number of amides is 3. The molecule has 0 saturated heterocycles. The molecule has 0 aliphatic rings. The molecular weight excluding hydrogens is 386 g/mol. The number of nitrogens with one attached hydrogen (secondary N) is 2. The molecular formula is C22H27N3O5. The van der Waals surface area contributed by atoms with Gasteiger partial charge in [-0.25, -0.2) is 0 Å². The number of hydrogen-bond acceptors (Lipinski definition) is 5. The van der Waals surface area contributed by atoms with E-state index in [1.165, 1.54) is 14.2 Å². The van der Waals surface area contributed by atoms with Gasteiger partial charge in [-0.2, -0.15) is 0 Å². The molecule has 0 aromatic heterocycles. The molecule has 1 atom stereocenters. The highest BCUT2D eigenvalue weighted by Gasteiger charge is 2.25. The Morgan fingerprint density at radius 2 is 1.57 bits per heavy atom. The second kappa shape index (κ2) is 9.78. The van der Waals surface area contributed by atoms with Crippen molar-refractivity contribution in [2.24, 2.45) is 11.7 Å². The summed E-state index contributed by atoms with van der Waals surface area (Å²) in [6.45, 7) is 5.39. The lowest BCUT2D eigenvalue weighted by Crippen LogP contribution is -2.47. The summed E-state index contributed by atoms with van der Waals surface area (Å²) in [7, 11) is 2.98. The minimum Gasteiger partial charge on any atom is -0.497 e. The molecule has 0 saturated carbocycles. The number of rotatable bonds is 8. The lowest BCUT2D eigenvalue weighted by atomic mass is 10.0. The van der Waals surface area contributed by atoms with Crippen molar-refractivity contribution in [2.75, 3.05) is 19.5 Å². The largest absolute Gasteiger partial charge is 0.497 e. The van der Waals surface area contributed by atoms with Crippen LogP contribution < -0.4 is 25.8 Å². The SMILES string of the molecule is COc1cc(OC)cc(C(=O)NC(C(=O)Nc2ccc(C(N)=O)c(C)c2)C(C)C)c1. The van der Waals surface area contributed by atoms with Crippen LogP contribution in [0.4, 0.5) is 5.69 Å². The van der Waals surface area contributed by atoms with Gasteiger partial charge in [0.15, 0.2) is 0 Å². The number of carbonyl (C=O) groups is 3. The van der Waals surface area contributed by atoms with E-state index in [9.17, 15) is 14.4 Å². The number of ether oxygens (including phenoxy) is 2. The monoisotopic (exact) mass is 413 g/mol. The molecule has 3 amide bonds. The topological polar surface area (TPSA) is 120 Å². The second-order valence-electron chi connectivity index (χ2n) is 7.18. The van der Waals surface area contributed by atoms with Crippen LogP contribution in [-0.4, -0.2) is 38.0 Å². The molecule has 8 heteroatoms. The molecule has 2 aromatic rings. The van der Waals surface area contributed by atoms with Crippen LogP contribution in [0.3, 0.4) is 0 Å². The number of hydrogen-bond donors (Lipinski definition) is 3. The molecule has 30 heavy (non-hydrogen) atoms. The van der Waals surface area contributed by atoms with Crippen LogP contribution >= 0.6 is 0 Å². The zero-order valence-electron chi connectivity index (χ0n) is 17.7. The summed E-state index contributed by atoms with van der Waals surface area (Å²) in [6.07, 6.45) is 0. The highest BCUT2D eigenvalue weighted by Crippen LogP contribution is 2.23. The first-order valence-electron chi connectivity index (χ1n) is 9.41. The fraction of sp³-hybridized carbons (Fsp3) is 0.318. The number of nitrogens with two attached hydrogens (primary N) is 1. The Hall–Kier alpha value is -3.55. The fourth-order valence-electron chi connectivity index (χ4n) is 2.94. The van der Waals surface area contributed by atoms with Gasteiger partial charge < -0.3 is 25.8 Å². The Kier molecular flexibility index (Phi) is 7.41. The van der Waals surface area contributed by atoms with Gasteiger partial charge in [-0.3, -0.25) is 14.4 Å². The molecule has 2 rings (SSSR count).